The van der Waals surface area contributed by atoms with Crippen LogP contribution in [-0.4, -0.2) is 62.4 Å². The number of hydrogen-bond donors (Lipinski definition) is 0. The molecule has 0 amide bonds. The molecule has 0 radical (unpaired) electrons. The first-order valence-corrected chi connectivity index (χ1v) is 7.25. The van der Waals surface area contributed by atoms with E-state index in [1.807, 2.05) is 0 Å². The third-order valence-corrected chi connectivity index (χ3v) is 1.97. The van der Waals surface area contributed by atoms with Crippen LogP contribution < -0.4 is 0 Å². The Morgan fingerprint density at radius 1 is 0.560 bits per heavy atom. The van der Waals surface area contributed by atoms with Crippen molar-refractivity contribution in [1.82, 2.24) is 0 Å². The maximum absolute atomic E-state index is 10.6. The molecule has 0 spiro atoms. The highest BCUT2D eigenvalue weighted by atomic mass is 16.6. The fraction of sp³-hybridized carbons (Fsp3) is 0.667. The van der Waals surface area contributed by atoms with Crippen LogP contribution in [0.25, 0.3) is 0 Å². The molecule has 0 aromatic heterocycles. The molecule has 0 saturated carbocycles. The highest BCUT2D eigenvalue weighted by molar-refractivity contribution is 5.68. The average molecular weight is 364 g/mol. The normalized spacial score (nSPS) is 9.20. The van der Waals surface area contributed by atoms with Crippen molar-refractivity contribution in [2.45, 2.75) is 40.7 Å². The van der Waals surface area contributed by atoms with E-state index in [1.165, 1.54) is 34.6 Å². The summed E-state index contributed by atoms with van der Waals surface area (Å²) in [6.45, 7) is 6.30. The van der Waals surface area contributed by atoms with Gasteiger partial charge in [0.05, 0.1) is 0 Å². The molecule has 144 valence electrons. The smallest absolute Gasteiger partial charge is 0.303 e. The minimum Gasteiger partial charge on any atom is -0.462 e. The molecule has 0 aliphatic carbocycles. The molecule has 10 nitrogen and oxygen atoms in total. The minimum atomic E-state index is -0.754. The van der Waals surface area contributed by atoms with Gasteiger partial charge in [0.1, 0.15) is 26.4 Å². The Hall–Kier alpha value is -2.65. The van der Waals surface area contributed by atoms with Crippen molar-refractivity contribution in [3.05, 3.63) is 0 Å². The quantitative estimate of drug-likeness (QED) is 0.333. The molecule has 0 unspecified atom stereocenters. The van der Waals surface area contributed by atoms with Gasteiger partial charge in [0, 0.05) is 34.6 Å². The first-order chi connectivity index (χ1) is 11.5. The monoisotopic (exact) mass is 364 g/mol. The molecule has 0 aliphatic rings. The lowest BCUT2D eigenvalue weighted by atomic mass is 10.4. The molecule has 0 bridgehead atoms. The summed E-state index contributed by atoms with van der Waals surface area (Å²) in [5.74, 6) is -2.25. The van der Waals surface area contributed by atoms with Crippen LogP contribution in [0.1, 0.15) is 34.6 Å². The first kappa shape index (κ1) is 24.6. The van der Waals surface area contributed by atoms with E-state index in [4.69, 9.17) is 4.74 Å². The average Bonchev–Trinajstić information content (AvgIpc) is 2.46. The van der Waals surface area contributed by atoms with E-state index in [2.05, 4.69) is 18.9 Å². The maximum Gasteiger partial charge on any atom is 0.303 e. The summed E-state index contributed by atoms with van der Waals surface area (Å²) < 4.78 is 23.0. The number of rotatable bonds is 8. The van der Waals surface area contributed by atoms with Crippen LogP contribution in [0.5, 0.6) is 0 Å². The van der Waals surface area contributed by atoms with Gasteiger partial charge < -0.3 is 23.7 Å². The van der Waals surface area contributed by atoms with Crippen molar-refractivity contribution in [2.75, 3.05) is 26.4 Å². The first-order valence-electron chi connectivity index (χ1n) is 7.25. The van der Waals surface area contributed by atoms with Gasteiger partial charge in [-0.05, 0) is 0 Å². The number of ether oxygens (including phenoxy) is 5. The maximum atomic E-state index is 10.6. The zero-order chi connectivity index (χ0) is 19.8. The third kappa shape index (κ3) is 23.7. The molecule has 0 heterocycles. The zero-order valence-corrected chi connectivity index (χ0v) is 15.0. The fourth-order valence-electron chi connectivity index (χ4n) is 1.14. The standard InChI is InChI=1S/C9H14O6.C6H10O4/c1-6(10)13-4-9(15-8(3)12)5-14-7(2)11;1-5(7)9-3-4-10-6(2)8/h9H,4-5H2,1-3H3;3-4H2,1-2H3. The van der Waals surface area contributed by atoms with Crippen LogP contribution in [0.4, 0.5) is 0 Å². The Labute approximate surface area is 145 Å². The molecular weight excluding hydrogens is 340 g/mol. The van der Waals surface area contributed by atoms with Crippen molar-refractivity contribution in [3.8, 4) is 0 Å². The summed E-state index contributed by atoms with van der Waals surface area (Å²) in [6, 6.07) is 0. The zero-order valence-electron chi connectivity index (χ0n) is 15.0. The van der Waals surface area contributed by atoms with E-state index >= 15 is 0 Å². The molecular formula is C15H24O10. The topological polar surface area (TPSA) is 132 Å². The Balaban J connectivity index is 0. The Morgan fingerprint density at radius 3 is 1.12 bits per heavy atom. The molecule has 0 rings (SSSR count). The van der Waals surface area contributed by atoms with Crippen LogP contribution >= 0.6 is 0 Å². The molecule has 0 saturated heterocycles. The molecule has 10 heteroatoms. The Kier molecular flexibility index (Phi) is 14.7. The van der Waals surface area contributed by atoms with Gasteiger partial charge in [-0.2, -0.15) is 0 Å². The van der Waals surface area contributed by atoms with E-state index in [9.17, 15) is 24.0 Å². The third-order valence-electron chi connectivity index (χ3n) is 1.97. The van der Waals surface area contributed by atoms with Crippen molar-refractivity contribution in [2.24, 2.45) is 0 Å². The lowest BCUT2D eigenvalue weighted by molar-refractivity contribution is -0.163. The van der Waals surface area contributed by atoms with E-state index in [0.29, 0.717) is 0 Å². The van der Waals surface area contributed by atoms with Gasteiger partial charge in [-0.25, -0.2) is 0 Å². The van der Waals surface area contributed by atoms with Gasteiger partial charge in [-0.15, -0.1) is 0 Å². The Morgan fingerprint density at radius 2 is 0.880 bits per heavy atom. The second-order valence-electron chi connectivity index (χ2n) is 4.52. The summed E-state index contributed by atoms with van der Waals surface area (Å²) in [4.78, 5) is 51.9. The van der Waals surface area contributed by atoms with E-state index in [0.717, 1.165) is 0 Å². The van der Waals surface area contributed by atoms with Gasteiger partial charge in [0.2, 0.25) is 0 Å². The highest BCUT2D eigenvalue weighted by Crippen LogP contribution is 1.97. The largest absolute Gasteiger partial charge is 0.462 e. The van der Waals surface area contributed by atoms with Gasteiger partial charge in [-0.3, -0.25) is 24.0 Å². The lowest BCUT2D eigenvalue weighted by Crippen LogP contribution is -2.29. The van der Waals surface area contributed by atoms with Crippen LogP contribution in [0, 0.1) is 0 Å². The molecule has 0 fully saturated rings. The summed E-state index contributed by atoms with van der Waals surface area (Å²) in [5, 5.41) is 0. The molecule has 0 atom stereocenters. The van der Waals surface area contributed by atoms with Gasteiger partial charge >= 0.3 is 29.8 Å². The number of carbonyl (C=O) groups is 5. The predicted octanol–water partition coefficient (Wildman–Crippen LogP) is 0.157. The summed E-state index contributed by atoms with van der Waals surface area (Å²) in [5.41, 5.74) is 0. The lowest BCUT2D eigenvalue weighted by Gasteiger charge is -2.15. The summed E-state index contributed by atoms with van der Waals surface area (Å²) in [7, 11) is 0. The fourth-order valence-corrected chi connectivity index (χ4v) is 1.14. The SMILES string of the molecule is CC(=O)OCC(COC(C)=O)OC(C)=O.CC(=O)OCCOC(C)=O. The van der Waals surface area contributed by atoms with Gasteiger partial charge in [-0.1, -0.05) is 0 Å². The second kappa shape index (κ2) is 14.9. The summed E-state index contributed by atoms with van der Waals surface area (Å²) >= 11 is 0. The molecule has 0 aromatic carbocycles. The molecule has 0 aliphatic heterocycles. The van der Waals surface area contributed by atoms with Crippen LogP contribution in [-0.2, 0) is 47.7 Å². The van der Waals surface area contributed by atoms with E-state index in [-0.39, 0.29) is 38.4 Å². The van der Waals surface area contributed by atoms with Crippen LogP contribution in [0.15, 0.2) is 0 Å². The van der Waals surface area contributed by atoms with E-state index in [1.54, 1.807) is 0 Å². The number of carbonyl (C=O) groups excluding carboxylic acids is 5. The predicted molar refractivity (Wildman–Crippen MR) is 82.1 cm³/mol. The van der Waals surface area contributed by atoms with Crippen molar-refractivity contribution in [1.29, 1.82) is 0 Å². The van der Waals surface area contributed by atoms with Crippen LogP contribution in [0.3, 0.4) is 0 Å². The van der Waals surface area contributed by atoms with Crippen LogP contribution in [0.2, 0.25) is 0 Å². The second-order valence-corrected chi connectivity index (χ2v) is 4.52. The molecule has 0 aromatic rings. The number of hydrogen-bond acceptors (Lipinski definition) is 10. The molecule has 25 heavy (non-hydrogen) atoms. The van der Waals surface area contributed by atoms with Crippen molar-refractivity contribution in [3.63, 3.8) is 0 Å². The van der Waals surface area contributed by atoms with Gasteiger partial charge in [0.15, 0.2) is 6.10 Å². The Bertz CT molecular complexity index is 423. The minimum absolute atomic E-state index is 0.123. The number of esters is 5. The van der Waals surface area contributed by atoms with Gasteiger partial charge in [0.25, 0.3) is 0 Å². The van der Waals surface area contributed by atoms with E-state index < -0.39 is 24.0 Å². The molecule has 0 N–H and O–H groups in total. The van der Waals surface area contributed by atoms with Crippen molar-refractivity contribution < 1.29 is 47.7 Å². The van der Waals surface area contributed by atoms with Crippen molar-refractivity contribution >= 4 is 29.8 Å². The summed E-state index contributed by atoms with van der Waals surface area (Å²) in [6.07, 6.45) is -0.754. The highest BCUT2D eigenvalue weighted by Gasteiger charge is 2.15.